The summed E-state index contributed by atoms with van der Waals surface area (Å²) in [5.41, 5.74) is 2.43. The molecule has 1 aromatic rings. The van der Waals surface area contributed by atoms with Crippen LogP contribution >= 0.6 is 0 Å². The number of nitrogen functional groups attached to an aromatic ring is 1. The van der Waals surface area contributed by atoms with Crippen molar-refractivity contribution in [2.45, 2.75) is 12.8 Å². The normalized spacial score (nSPS) is 16.4. The van der Waals surface area contributed by atoms with Gasteiger partial charge in [0.1, 0.15) is 5.82 Å². The first-order valence-electron chi connectivity index (χ1n) is 6.01. The molecular weight excluding hydrogens is 232 g/mol. The minimum atomic E-state index is 0.111. The molecule has 0 radical (unpaired) electrons. The zero-order valence-corrected chi connectivity index (χ0v) is 10.4. The third-order valence-corrected chi connectivity index (χ3v) is 3.21. The lowest BCUT2D eigenvalue weighted by molar-refractivity contribution is -0.125. The first-order chi connectivity index (χ1) is 8.74. The Morgan fingerprint density at radius 2 is 2.22 bits per heavy atom. The Balaban J connectivity index is 1.98. The summed E-state index contributed by atoms with van der Waals surface area (Å²) in [5.74, 6) is 6.76. The van der Waals surface area contributed by atoms with Gasteiger partial charge in [-0.2, -0.15) is 4.98 Å². The van der Waals surface area contributed by atoms with Gasteiger partial charge < -0.3 is 10.2 Å². The van der Waals surface area contributed by atoms with Crippen LogP contribution in [0.2, 0.25) is 0 Å². The third-order valence-electron chi connectivity index (χ3n) is 3.21. The molecule has 0 bridgehead atoms. The lowest BCUT2D eigenvalue weighted by atomic mass is 9.96. The van der Waals surface area contributed by atoms with E-state index in [9.17, 15) is 4.79 Å². The molecule has 1 amide bonds. The molecule has 0 spiro atoms. The van der Waals surface area contributed by atoms with Crippen molar-refractivity contribution >= 4 is 17.7 Å². The number of nitrogens with two attached hydrogens (primary N) is 1. The van der Waals surface area contributed by atoms with Crippen LogP contribution in [0.1, 0.15) is 12.8 Å². The van der Waals surface area contributed by atoms with Gasteiger partial charge >= 0.3 is 0 Å². The molecule has 0 aromatic carbocycles. The summed E-state index contributed by atoms with van der Waals surface area (Å²) in [6, 6.07) is 1.85. The molecule has 1 saturated heterocycles. The van der Waals surface area contributed by atoms with E-state index in [4.69, 9.17) is 5.84 Å². The molecule has 1 aromatic heterocycles. The van der Waals surface area contributed by atoms with Crippen LogP contribution in [-0.4, -0.2) is 36.0 Å². The van der Waals surface area contributed by atoms with Gasteiger partial charge in [0, 0.05) is 32.3 Å². The molecule has 7 heteroatoms. The monoisotopic (exact) mass is 250 g/mol. The number of carbonyl (C=O) groups excluding carboxylic acids is 1. The Bertz CT molecular complexity index is 416. The van der Waals surface area contributed by atoms with E-state index in [1.165, 1.54) is 0 Å². The van der Waals surface area contributed by atoms with Crippen molar-refractivity contribution in [2.24, 2.45) is 11.8 Å². The maximum absolute atomic E-state index is 11.5. The highest BCUT2D eigenvalue weighted by Gasteiger charge is 2.24. The molecule has 1 aliphatic rings. The number of amides is 1. The zero-order chi connectivity index (χ0) is 13.0. The van der Waals surface area contributed by atoms with E-state index in [1.807, 2.05) is 6.07 Å². The summed E-state index contributed by atoms with van der Waals surface area (Å²) in [6.07, 6.45) is 3.35. The topological polar surface area (TPSA) is 96.2 Å². The summed E-state index contributed by atoms with van der Waals surface area (Å²) in [5, 5.41) is 2.70. The Kier molecular flexibility index (Phi) is 3.93. The number of hydrogen-bond donors (Lipinski definition) is 3. The van der Waals surface area contributed by atoms with Gasteiger partial charge in [0.05, 0.1) is 0 Å². The fourth-order valence-electron chi connectivity index (χ4n) is 2.17. The first-order valence-corrected chi connectivity index (χ1v) is 6.01. The summed E-state index contributed by atoms with van der Waals surface area (Å²) in [4.78, 5) is 21.9. The van der Waals surface area contributed by atoms with Crippen molar-refractivity contribution < 1.29 is 4.79 Å². The predicted octanol–water partition coefficient (Wildman–Crippen LogP) is -0.275. The van der Waals surface area contributed by atoms with Gasteiger partial charge in [-0.15, -0.1) is 0 Å². The van der Waals surface area contributed by atoms with Gasteiger partial charge in [-0.3, -0.25) is 10.2 Å². The summed E-state index contributed by atoms with van der Waals surface area (Å²) in [7, 11) is 1.68. The number of aromatic nitrogens is 2. The first kappa shape index (κ1) is 12.6. The second-order valence-electron chi connectivity index (χ2n) is 4.26. The Morgan fingerprint density at radius 1 is 1.50 bits per heavy atom. The molecule has 18 heavy (non-hydrogen) atoms. The van der Waals surface area contributed by atoms with Crippen LogP contribution in [-0.2, 0) is 4.79 Å². The molecule has 2 rings (SSSR count). The quantitative estimate of drug-likeness (QED) is 0.504. The van der Waals surface area contributed by atoms with Gasteiger partial charge in [0.2, 0.25) is 11.9 Å². The van der Waals surface area contributed by atoms with Crippen LogP contribution in [0, 0.1) is 5.92 Å². The Morgan fingerprint density at radius 3 is 2.83 bits per heavy atom. The van der Waals surface area contributed by atoms with Crippen molar-refractivity contribution in [1.29, 1.82) is 0 Å². The van der Waals surface area contributed by atoms with E-state index in [0.29, 0.717) is 5.95 Å². The molecule has 0 saturated carbocycles. The summed E-state index contributed by atoms with van der Waals surface area (Å²) < 4.78 is 0. The maximum atomic E-state index is 11.5. The highest BCUT2D eigenvalue weighted by atomic mass is 16.1. The highest BCUT2D eigenvalue weighted by molar-refractivity contribution is 5.78. The van der Waals surface area contributed by atoms with E-state index < -0.39 is 0 Å². The lowest BCUT2D eigenvalue weighted by Gasteiger charge is -2.31. The number of anilines is 2. The number of piperidine rings is 1. The molecule has 4 N–H and O–H groups in total. The number of hydrogen-bond acceptors (Lipinski definition) is 6. The fourth-order valence-corrected chi connectivity index (χ4v) is 2.17. The number of hydrazine groups is 1. The van der Waals surface area contributed by atoms with Crippen molar-refractivity contribution in [3.63, 3.8) is 0 Å². The average Bonchev–Trinajstić information content (AvgIpc) is 2.46. The number of rotatable bonds is 3. The second kappa shape index (κ2) is 5.63. The maximum Gasteiger partial charge on any atom is 0.239 e. The van der Waals surface area contributed by atoms with E-state index in [0.717, 1.165) is 31.7 Å². The largest absolute Gasteiger partial charge is 0.359 e. The molecular formula is C11H18N6O. The molecule has 98 valence electrons. The van der Waals surface area contributed by atoms with Crippen molar-refractivity contribution in [3.05, 3.63) is 12.3 Å². The van der Waals surface area contributed by atoms with E-state index in [2.05, 4.69) is 25.6 Å². The van der Waals surface area contributed by atoms with Crippen LogP contribution < -0.4 is 21.5 Å². The number of carbonyl (C=O) groups is 1. The molecule has 0 unspecified atom stereocenters. The van der Waals surface area contributed by atoms with Gasteiger partial charge in [-0.05, 0) is 18.9 Å². The summed E-state index contributed by atoms with van der Waals surface area (Å²) in [6.45, 7) is 1.64. The fraction of sp³-hybridized carbons (Fsp3) is 0.545. The van der Waals surface area contributed by atoms with Crippen LogP contribution in [0.5, 0.6) is 0 Å². The van der Waals surface area contributed by atoms with E-state index in [1.54, 1.807) is 13.2 Å². The third kappa shape index (κ3) is 2.67. The Hall–Kier alpha value is -1.89. The minimum Gasteiger partial charge on any atom is -0.359 e. The van der Waals surface area contributed by atoms with E-state index in [-0.39, 0.29) is 11.8 Å². The standard InChI is InChI=1S/C11H18N6O/c1-13-10(18)8-3-6-17(7-4-8)9-2-5-14-11(15-9)16-12/h2,5,8H,3-4,6-7,12H2,1H3,(H,13,18)(H,14,15,16). The smallest absolute Gasteiger partial charge is 0.239 e. The molecule has 1 fully saturated rings. The van der Waals surface area contributed by atoms with E-state index >= 15 is 0 Å². The van der Waals surface area contributed by atoms with Gasteiger partial charge in [0.25, 0.3) is 0 Å². The van der Waals surface area contributed by atoms with Gasteiger partial charge in [-0.1, -0.05) is 0 Å². The van der Waals surface area contributed by atoms with Crippen LogP contribution in [0.3, 0.4) is 0 Å². The van der Waals surface area contributed by atoms with Crippen LogP contribution in [0.25, 0.3) is 0 Å². The zero-order valence-electron chi connectivity index (χ0n) is 10.4. The average molecular weight is 250 g/mol. The number of nitrogens with one attached hydrogen (secondary N) is 2. The SMILES string of the molecule is CNC(=O)C1CCN(c2ccnc(NN)n2)CC1. The molecule has 2 heterocycles. The highest BCUT2D eigenvalue weighted by Crippen LogP contribution is 2.22. The van der Waals surface area contributed by atoms with Crippen molar-refractivity contribution in [3.8, 4) is 0 Å². The lowest BCUT2D eigenvalue weighted by Crippen LogP contribution is -2.40. The van der Waals surface area contributed by atoms with Crippen molar-refractivity contribution in [2.75, 3.05) is 30.5 Å². The predicted molar refractivity (Wildman–Crippen MR) is 68.8 cm³/mol. The van der Waals surface area contributed by atoms with Crippen molar-refractivity contribution in [1.82, 2.24) is 15.3 Å². The van der Waals surface area contributed by atoms with Crippen LogP contribution in [0.4, 0.5) is 11.8 Å². The number of nitrogens with zero attached hydrogens (tertiary/aromatic N) is 3. The second-order valence-corrected chi connectivity index (χ2v) is 4.26. The molecule has 1 aliphatic heterocycles. The minimum absolute atomic E-state index is 0.111. The van der Waals surface area contributed by atoms with Gasteiger partial charge in [0.15, 0.2) is 0 Å². The van der Waals surface area contributed by atoms with Crippen LogP contribution in [0.15, 0.2) is 12.3 Å². The molecule has 0 aliphatic carbocycles. The summed E-state index contributed by atoms with van der Waals surface area (Å²) >= 11 is 0. The molecule has 7 nitrogen and oxygen atoms in total. The molecule has 0 atom stereocenters. The Labute approximate surface area is 106 Å². The van der Waals surface area contributed by atoms with Gasteiger partial charge in [-0.25, -0.2) is 10.8 Å².